The minimum atomic E-state index is 0.598. The molecule has 86 valence electrons. The van der Waals surface area contributed by atoms with Crippen LogP contribution in [0.3, 0.4) is 0 Å². The zero-order chi connectivity index (χ0) is 12.4. The standard InChI is InChI=1S/C15H10N2O/c18-10-12-9-14(11-5-2-1-3-6-11)17-15-13(12)7-4-8-16-15/h1-10H. The molecule has 0 radical (unpaired) electrons. The Morgan fingerprint density at radius 3 is 2.61 bits per heavy atom. The molecule has 2 aromatic heterocycles. The Hall–Kier alpha value is -2.55. The number of hydrogen-bond donors (Lipinski definition) is 0. The summed E-state index contributed by atoms with van der Waals surface area (Å²) in [6, 6.07) is 15.2. The minimum Gasteiger partial charge on any atom is -0.298 e. The van der Waals surface area contributed by atoms with Crippen LogP contribution in [-0.4, -0.2) is 16.3 Å². The summed E-state index contributed by atoms with van der Waals surface area (Å²) in [4.78, 5) is 19.8. The van der Waals surface area contributed by atoms with E-state index in [9.17, 15) is 4.79 Å². The van der Waals surface area contributed by atoms with Crippen LogP contribution in [0.1, 0.15) is 10.4 Å². The highest BCUT2D eigenvalue weighted by Gasteiger charge is 2.06. The maximum Gasteiger partial charge on any atom is 0.160 e. The summed E-state index contributed by atoms with van der Waals surface area (Å²) in [5.74, 6) is 0. The first-order chi connectivity index (χ1) is 8.88. The number of carbonyl (C=O) groups excluding carboxylic acids is 1. The number of aromatic nitrogens is 2. The van der Waals surface area contributed by atoms with E-state index in [0.29, 0.717) is 11.2 Å². The fourth-order valence-corrected chi connectivity index (χ4v) is 1.94. The van der Waals surface area contributed by atoms with Gasteiger partial charge in [-0.05, 0) is 18.2 Å². The number of rotatable bonds is 2. The van der Waals surface area contributed by atoms with Crippen LogP contribution >= 0.6 is 0 Å². The number of fused-ring (bicyclic) bond motifs is 1. The smallest absolute Gasteiger partial charge is 0.160 e. The third-order valence-corrected chi connectivity index (χ3v) is 2.81. The fraction of sp³-hybridized carbons (Fsp3) is 0. The Balaban J connectivity index is 2.29. The van der Waals surface area contributed by atoms with Gasteiger partial charge in [-0.2, -0.15) is 0 Å². The molecule has 0 N–H and O–H groups in total. The second kappa shape index (κ2) is 4.37. The summed E-state index contributed by atoms with van der Waals surface area (Å²) in [5.41, 5.74) is 2.96. The van der Waals surface area contributed by atoms with E-state index in [2.05, 4.69) is 9.97 Å². The largest absolute Gasteiger partial charge is 0.298 e. The molecule has 0 fully saturated rings. The van der Waals surface area contributed by atoms with Gasteiger partial charge in [0, 0.05) is 22.7 Å². The quantitative estimate of drug-likeness (QED) is 0.640. The van der Waals surface area contributed by atoms with Crippen molar-refractivity contribution in [3.05, 3.63) is 60.3 Å². The molecule has 1 aromatic carbocycles. The van der Waals surface area contributed by atoms with Crippen LogP contribution in [-0.2, 0) is 0 Å². The van der Waals surface area contributed by atoms with E-state index in [1.165, 1.54) is 0 Å². The second-order valence-corrected chi connectivity index (χ2v) is 3.96. The SMILES string of the molecule is O=Cc1cc(-c2ccccc2)nc2ncccc12. The zero-order valence-corrected chi connectivity index (χ0v) is 9.58. The maximum absolute atomic E-state index is 11.1. The van der Waals surface area contributed by atoms with E-state index >= 15 is 0 Å². The Morgan fingerprint density at radius 2 is 1.83 bits per heavy atom. The predicted octanol–water partition coefficient (Wildman–Crippen LogP) is 3.11. The molecular weight excluding hydrogens is 224 g/mol. The van der Waals surface area contributed by atoms with Gasteiger partial charge in [-0.15, -0.1) is 0 Å². The molecule has 0 amide bonds. The van der Waals surface area contributed by atoms with Crippen molar-refractivity contribution in [2.24, 2.45) is 0 Å². The van der Waals surface area contributed by atoms with Gasteiger partial charge >= 0.3 is 0 Å². The predicted molar refractivity (Wildman–Crippen MR) is 70.4 cm³/mol. The molecular formula is C15H10N2O. The van der Waals surface area contributed by atoms with Crippen molar-refractivity contribution in [3.63, 3.8) is 0 Å². The highest BCUT2D eigenvalue weighted by molar-refractivity contribution is 5.96. The van der Waals surface area contributed by atoms with Gasteiger partial charge in [0.2, 0.25) is 0 Å². The molecule has 0 spiro atoms. The Morgan fingerprint density at radius 1 is 1.00 bits per heavy atom. The van der Waals surface area contributed by atoms with Crippen LogP contribution < -0.4 is 0 Å². The van der Waals surface area contributed by atoms with Crippen molar-refractivity contribution in [2.45, 2.75) is 0 Å². The summed E-state index contributed by atoms with van der Waals surface area (Å²) in [5, 5.41) is 0.784. The van der Waals surface area contributed by atoms with E-state index in [1.54, 1.807) is 18.3 Å². The summed E-state index contributed by atoms with van der Waals surface area (Å²) < 4.78 is 0. The van der Waals surface area contributed by atoms with E-state index in [1.807, 2.05) is 36.4 Å². The maximum atomic E-state index is 11.1. The Kier molecular flexibility index (Phi) is 2.57. The summed E-state index contributed by atoms with van der Waals surface area (Å²) >= 11 is 0. The van der Waals surface area contributed by atoms with Crippen LogP contribution in [0.4, 0.5) is 0 Å². The summed E-state index contributed by atoms with van der Waals surface area (Å²) in [6.07, 6.45) is 2.52. The third-order valence-electron chi connectivity index (χ3n) is 2.81. The van der Waals surface area contributed by atoms with Crippen molar-refractivity contribution in [2.75, 3.05) is 0 Å². The van der Waals surface area contributed by atoms with Crippen molar-refractivity contribution in [3.8, 4) is 11.3 Å². The van der Waals surface area contributed by atoms with Crippen molar-refractivity contribution >= 4 is 17.3 Å². The molecule has 3 heteroatoms. The molecule has 0 atom stereocenters. The average molecular weight is 234 g/mol. The normalized spacial score (nSPS) is 10.4. The number of carbonyl (C=O) groups is 1. The lowest BCUT2D eigenvalue weighted by Crippen LogP contribution is -1.92. The van der Waals surface area contributed by atoms with Crippen LogP contribution in [0.2, 0.25) is 0 Å². The lowest BCUT2D eigenvalue weighted by molar-refractivity contribution is 0.112. The van der Waals surface area contributed by atoms with E-state index in [-0.39, 0.29) is 0 Å². The molecule has 0 aliphatic heterocycles. The second-order valence-electron chi connectivity index (χ2n) is 3.96. The molecule has 2 heterocycles. The Bertz CT molecular complexity index is 708. The lowest BCUT2D eigenvalue weighted by Gasteiger charge is -2.04. The molecule has 0 bridgehead atoms. The van der Waals surface area contributed by atoms with Gasteiger partial charge in [-0.3, -0.25) is 4.79 Å². The van der Waals surface area contributed by atoms with Crippen LogP contribution in [0.25, 0.3) is 22.3 Å². The molecule has 0 aliphatic carbocycles. The van der Waals surface area contributed by atoms with Gasteiger partial charge in [0.05, 0.1) is 5.69 Å². The topological polar surface area (TPSA) is 42.9 Å². The van der Waals surface area contributed by atoms with Gasteiger partial charge in [-0.1, -0.05) is 30.3 Å². The fourth-order valence-electron chi connectivity index (χ4n) is 1.94. The first-order valence-electron chi connectivity index (χ1n) is 5.65. The zero-order valence-electron chi connectivity index (χ0n) is 9.58. The molecule has 18 heavy (non-hydrogen) atoms. The van der Waals surface area contributed by atoms with Crippen LogP contribution in [0, 0.1) is 0 Å². The monoisotopic (exact) mass is 234 g/mol. The molecule has 0 unspecified atom stereocenters. The molecule has 3 aromatic rings. The van der Waals surface area contributed by atoms with Crippen molar-refractivity contribution < 1.29 is 4.79 Å². The highest BCUT2D eigenvalue weighted by atomic mass is 16.1. The van der Waals surface area contributed by atoms with Gasteiger partial charge in [0.15, 0.2) is 11.9 Å². The van der Waals surface area contributed by atoms with Gasteiger partial charge in [0.25, 0.3) is 0 Å². The van der Waals surface area contributed by atoms with E-state index in [0.717, 1.165) is 22.9 Å². The Labute approximate surface area is 104 Å². The molecule has 0 saturated carbocycles. The van der Waals surface area contributed by atoms with Gasteiger partial charge in [0.1, 0.15) is 0 Å². The van der Waals surface area contributed by atoms with Crippen molar-refractivity contribution in [1.29, 1.82) is 0 Å². The first kappa shape index (κ1) is 10.6. The van der Waals surface area contributed by atoms with Gasteiger partial charge in [-0.25, -0.2) is 9.97 Å². The van der Waals surface area contributed by atoms with Crippen molar-refractivity contribution in [1.82, 2.24) is 9.97 Å². The number of hydrogen-bond acceptors (Lipinski definition) is 3. The molecule has 0 aliphatic rings. The van der Waals surface area contributed by atoms with Crippen LogP contribution in [0.15, 0.2) is 54.7 Å². The van der Waals surface area contributed by atoms with Crippen LogP contribution in [0.5, 0.6) is 0 Å². The third kappa shape index (κ3) is 1.76. The average Bonchev–Trinajstić information content (AvgIpc) is 2.47. The number of pyridine rings is 2. The van der Waals surface area contributed by atoms with E-state index < -0.39 is 0 Å². The summed E-state index contributed by atoms with van der Waals surface area (Å²) in [7, 11) is 0. The molecule has 3 rings (SSSR count). The van der Waals surface area contributed by atoms with E-state index in [4.69, 9.17) is 0 Å². The number of aldehydes is 1. The first-order valence-corrected chi connectivity index (χ1v) is 5.65. The number of nitrogens with zero attached hydrogens (tertiary/aromatic N) is 2. The minimum absolute atomic E-state index is 0.598. The lowest BCUT2D eigenvalue weighted by atomic mass is 10.1. The highest BCUT2D eigenvalue weighted by Crippen LogP contribution is 2.22. The summed E-state index contributed by atoms with van der Waals surface area (Å²) in [6.45, 7) is 0. The number of benzene rings is 1. The van der Waals surface area contributed by atoms with Gasteiger partial charge < -0.3 is 0 Å². The molecule has 0 saturated heterocycles. The molecule has 3 nitrogen and oxygen atoms in total.